The molecule has 0 unspecified atom stereocenters. The highest BCUT2D eigenvalue weighted by atomic mass is 16.5. The molecule has 1 fully saturated rings. The minimum absolute atomic E-state index is 0.0322. The Morgan fingerprint density at radius 1 is 1.32 bits per heavy atom. The maximum atomic E-state index is 12.8. The molecule has 9 heteroatoms. The summed E-state index contributed by atoms with van der Waals surface area (Å²) >= 11 is 0. The number of unbranched alkanes of at least 4 members (excludes halogenated alkanes) is 1. The van der Waals surface area contributed by atoms with Crippen LogP contribution in [0.5, 0.6) is 0 Å². The van der Waals surface area contributed by atoms with Crippen molar-refractivity contribution in [2.75, 3.05) is 26.4 Å². The Bertz CT molecular complexity index is 942. The van der Waals surface area contributed by atoms with Crippen LogP contribution in [0.15, 0.2) is 10.6 Å². The van der Waals surface area contributed by atoms with Gasteiger partial charge in [-0.05, 0) is 50.9 Å². The van der Waals surface area contributed by atoms with E-state index in [1.165, 1.54) is 6.20 Å². The Morgan fingerprint density at radius 2 is 2.13 bits per heavy atom. The first-order valence-electron chi connectivity index (χ1n) is 11.1. The molecule has 2 aromatic heterocycles. The fourth-order valence-electron chi connectivity index (χ4n) is 4.45. The lowest BCUT2D eigenvalue weighted by atomic mass is 9.75. The van der Waals surface area contributed by atoms with E-state index in [2.05, 4.69) is 10.3 Å². The number of carbonyl (C=O) groups is 2. The number of aryl methyl sites for hydroxylation is 3. The van der Waals surface area contributed by atoms with Gasteiger partial charge in [-0.25, -0.2) is 9.78 Å². The molecule has 0 aliphatic carbocycles. The first kappa shape index (κ1) is 21.5. The second-order valence-corrected chi connectivity index (χ2v) is 8.40. The van der Waals surface area contributed by atoms with Crippen LogP contribution < -0.4 is 5.32 Å². The van der Waals surface area contributed by atoms with Crippen LogP contribution in [0.2, 0.25) is 0 Å². The van der Waals surface area contributed by atoms with Gasteiger partial charge in [0.1, 0.15) is 5.69 Å². The number of hydrogen-bond acceptors (Lipinski definition) is 7. The SMILES string of the molecule is CCn1nc(CCCCOC(=O)c2cnc(C)o2)c2c1C(=O)NCC1(CCOCC1)C2. The molecule has 0 atom stereocenters. The topological polar surface area (TPSA) is 108 Å². The van der Waals surface area contributed by atoms with Crippen molar-refractivity contribution in [2.45, 2.75) is 58.9 Å². The number of oxazole rings is 1. The predicted molar refractivity (Wildman–Crippen MR) is 111 cm³/mol. The van der Waals surface area contributed by atoms with Crippen LogP contribution in [0.1, 0.15) is 70.8 Å². The van der Waals surface area contributed by atoms with Gasteiger partial charge in [-0.2, -0.15) is 5.10 Å². The Balaban J connectivity index is 1.39. The summed E-state index contributed by atoms with van der Waals surface area (Å²) in [6.45, 7) is 6.79. The average molecular weight is 431 g/mol. The standard InChI is InChI=1S/C22H30N4O5/c1-3-26-19-16(12-22(14-24-20(19)27)7-10-29-11-8-22)17(25-26)6-4-5-9-30-21(28)18-13-23-15(2)31-18/h13H,3-12,14H2,1-2H3,(H,24,27). The highest BCUT2D eigenvalue weighted by Gasteiger charge is 2.39. The molecule has 4 rings (SSSR count). The van der Waals surface area contributed by atoms with Gasteiger partial charge in [-0.3, -0.25) is 9.48 Å². The highest BCUT2D eigenvalue weighted by molar-refractivity contribution is 5.94. The van der Waals surface area contributed by atoms with E-state index in [-0.39, 0.29) is 17.1 Å². The largest absolute Gasteiger partial charge is 0.460 e. The maximum absolute atomic E-state index is 12.8. The summed E-state index contributed by atoms with van der Waals surface area (Å²) in [6.07, 6.45) is 6.38. The predicted octanol–water partition coefficient (Wildman–Crippen LogP) is 2.46. The van der Waals surface area contributed by atoms with Crippen LogP contribution in [0.25, 0.3) is 0 Å². The molecule has 2 aliphatic rings. The van der Waals surface area contributed by atoms with Gasteiger partial charge in [0, 0.05) is 38.8 Å². The Hall–Kier alpha value is -2.68. The molecule has 0 aromatic carbocycles. The quantitative estimate of drug-likeness (QED) is 0.531. The lowest BCUT2D eigenvalue weighted by Crippen LogP contribution is -2.40. The number of aromatic nitrogens is 3. The minimum atomic E-state index is -0.497. The van der Waals surface area contributed by atoms with Gasteiger partial charge in [0.25, 0.3) is 5.91 Å². The summed E-state index contributed by atoms with van der Waals surface area (Å²) in [5, 5.41) is 7.89. The van der Waals surface area contributed by atoms with Gasteiger partial charge in [-0.15, -0.1) is 0 Å². The van der Waals surface area contributed by atoms with Gasteiger partial charge in [0.2, 0.25) is 5.76 Å². The molecule has 2 aliphatic heterocycles. The van der Waals surface area contributed by atoms with Crippen molar-refractivity contribution in [1.29, 1.82) is 0 Å². The van der Waals surface area contributed by atoms with Gasteiger partial charge >= 0.3 is 5.97 Å². The van der Waals surface area contributed by atoms with Gasteiger partial charge in [-0.1, -0.05) is 0 Å². The van der Waals surface area contributed by atoms with Crippen LogP contribution in [0.3, 0.4) is 0 Å². The molecular formula is C22H30N4O5. The number of nitrogens with zero attached hydrogens (tertiary/aromatic N) is 3. The van der Waals surface area contributed by atoms with Crippen molar-refractivity contribution in [3.05, 3.63) is 34.8 Å². The number of hydrogen-bond donors (Lipinski definition) is 1. The summed E-state index contributed by atoms with van der Waals surface area (Å²) in [7, 11) is 0. The van der Waals surface area contributed by atoms with Crippen LogP contribution >= 0.6 is 0 Å². The molecule has 1 N–H and O–H groups in total. The zero-order chi connectivity index (χ0) is 21.8. The molecule has 2 aromatic rings. The fourth-order valence-corrected chi connectivity index (χ4v) is 4.45. The van der Waals surface area contributed by atoms with Crippen molar-refractivity contribution in [1.82, 2.24) is 20.1 Å². The summed E-state index contributed by atoms with van der Waals surface area (Å²) in [4.78, 5) is 28.7. The zero-order valence-electron chi connectivity index (χ0n) is 18.2. The summed E-state index contributed by atoms with van der Waals surface area (Å²) in [5.74, 6) is 0.0286. The Labute approximate surface area is 181 Å². The highest BCUT2D eigenvalue weighted by Crippen LogP contribution is 2.37. The van der Waals surface area contributed by atoms with Crippen molar-refractivity contribution in [3.63, 3.8) is 0 Å². The number of fused-ring (bicyclic) bond motifs is 1. The lowest BCUT2D eigenvalue weighted by molar-refractivity contribution is 0.0160. The number of esters is 1. The van der Waals surface area contributed by atoms with Crippen molar-refractivity contribution >= 4 is 11.9 Å². The van der Waals surface area contributed by atoms with E-state index in [0.29, 0.717) is 37.7 Å². The molecule has 0 saturated carbocycles. The van der Waals surface area contributed by atoms with E-state index in [1.54, 1.807) is 6.92 Å². The number of carbonyl (C=O) groups excluding carboxylic acids is 2. The average Bonchev–Trinajstić information content (AvgIpc) is 3.32. The van der Waals surface area contributed by atoms with Gasteiger partial charge in [0.15, 0.2) is 5.89 Å². The van der Waals surface area contributed by atoms with E-state index in [9.17, 15) is 9.59 Å². The second kappa shape index (κ2) is 9.21. The molecule has 4 heterocycles. The molecule has 31 heavy (non-hydrogen) atoms. The molecule has 1 amide bonds. The van der Waals surface area contributed by atoms with E-state index in [1.807, 2.05) is 11.6 Å². The molecule has 168 valence electrons. The third-order valence-corrected chi connectivity index (χ3v) is 6.24. The van der Waals surface area contributed by atoms with E-state index in [4.69, 9.17) is 19.0 Å². The van der Waals surface area contributed by atoms with E-state index in [0.717, 1.165) is 56.6 Å². The lowest BCUT2D eigenvalue weighted by Gasteiger charge is -2.36. The monoisotopic (exact) mass is 430 g/mol. The third kappa shape index (κ3) is 4.66. The van der Waals surface area contributed by atoms with Crippen LogP contribution in [0.4, 0.5) is 0 Å². The van der Waals surface area contributed by atoms with Crippen LogP contribution in [-0.2, 0) is 28.9 Å². The van der Waals surface area contributed by atoms with Crippen LogP contribution in [0, 0.1) is 12.3 Å². The maximum Gasteiger partial charge on any atom is 0.375 e. The Morgan fingerprint density at radius 3 is 2.84 bits per heavy atom. The van der Waals surface area contributed by atoms with Gasteiger partial charge < -0.3 is 19.2 Å². The summed E-state index contributed by atoms with van der Waals surface area (Å²) in [6, 6.07) is 0. The molecule has 1 spiro atoms. The third-order valence-electron chi connectivity index (χ3n) is 6.24. The number of nitrogens with one attached hydrogen (secondary N) is 1. The first-order chi connectivity index (χ1) is 15.0. The number of ether oxygens (including phenoxy) is 2. The van der Waals surface area contributed by atoms with E-state index < -0.39 is 5.97 Å². The number of amides is 1. The van der Waals surface area contributed by atoms with Crippen LogP contribution in [-0.4, -0.2) is 53.0 Å². The van der Waals surface area contributed by atoms with Crippen molar-refractivity contribution in [2.24, 2.45) is 5.41 Å². The summed E-state index contributed by atoms with van der Waals surface area (Å²) < 4.78 is 17.8. The smallest absolute Gasteiger partial charge is 0.375 e. The molecule has 1 saturated heterocycles. The van der Waals surface area contributed by atoms with Gasteiger partial charge in [0.05, 0.1) is 18.5 Å². The number of rotatable bonds is 7. The molecular weight excluding hydrogens is 400 g/mol. The molecule has 9 nitrogen and oxygen atoms in total. The fraction of sp³-hybridized carbons (Fsp3) is 0.636. The van der Waals surface area contributed by atoms with Crippen molar-refractivity contribution < 1.29 is 23.5 Å². The van der Waals surface area contributed by atoms with E-state index >= 15 is 0 Å². The second-order valence-electron chi connectivity index (χ2n) is 8.40. The minimum Gasteiger partial charge on any atom is -0.460 e. The molecule has 0 bridgehead atoms. The first-order valence-corrected chi connectivity index (χ1v) is 11.1. The Kier molecular flexibility index (Phi) is 6.41. The normalized spacial score (nSPS) is 17.8. The summed E-state index contributed by atoms with van der Waals surface area (Å²) in [5.41, 5.74) is 2.80. The molecule has 0 radical (unpaired) electrons. The van der Waals surface area contributed by atoms with Crippen molar-refractivity contribution in [3.8, 4) is 0 Å². The zero-order valence-corrected chi connectivity index (χ0v) is 18.2.